The van der Waals surface area contributed by atoms with Crippen LogP contribution in [0.1, 0.15) is 10.4 Å². The van der Waals surface area contributed by atoms with E-state index in [2.05, 4.69) is 9.97 Å². The van der Waals surface area contributed by atoms with E-state index in [0.29, 0.717) is 5.56 Å². The molecule has 0 saturated carbocycles. The van der Waals surface area contributed by atoms with E-state index in [-0.39, 0.29) is 28.3 Å². The van der Waals surface area contributed by atoms with E-state index in [0.717, 1.165) is 12.1 Å². The highest BCUT2D eigenvalue weighted by Crippen LogP contribution is 2.28. The van der Waals surface area contributed by atoms with Crippen molar-refractivity contribution in [2.75, 3.05) is 5.73 Å². The second-order valence-electron chi connectivity index (χ2n) is 5.06. The standard InChI is InChI=1S/C17H12F2N4O/c18-11-4-5-12(13(19)7-11)14-8-22-16(20)15(23-14)9-2-1-3-10(6-9)17(21)24/h1-8H,(H2,20,22)(H2,21,24). The summed E-state index contributed by atoms with van der Waals surface area (Å²) in [5.74, 6) is -1.92. The molecule has 2 aromatic carbocycles. The smallest absolute Gasteiger partial charge is 0.248 e. The second-order valence-corrected chi connectivity index (χ2v) is 5.06. The molecular weight excluding hydrogens is 314 g/mol. The van der Waals surface area contributed by atoms with Crippen LogP contribution in [-0.2, 0) is 0 Å². The number of nitrogens with zero attached hydrogens (tertiary/aromatic N) is 2. The van der Waals surface area contributed by atoms with E-state index >= 15 is 0 Å². The van der Waals surface area contributed by atoms with Gasteiger partial charge in [0.15, 0.2) is 0 Å². The molecule has 120 valence electrons. The minimum Gasteiger partial charge on any atom is -0.382 e. The first-order chi connectivity index (χ1) is 11.5. The van der Waals surface area contributed by atoms with Crippen LogP contribution in [-0.4, -0.2) is 15.9 Å². The Morgan fingerprint density at radius 2 is 1.88 bits per heavy atom. The Morgan fingerprint density at radius 1 is 1.08 bits per heavy atom. The van der Waals surface area contributed by atoms with Crippen molar-refractivity contribution >= 4 is 11.7 Å². The molecule has 1 heterocycles. The molecule has 24 heavy (non-hydrogen) atoms. The van der Waals surface area contributed by atoms with E-state index in [1.807, 2.05) is 0 Å². The Morgan fingerprint density at radius 3 is 2.58 bits per heavy atom. The van der Waals surface area contributed by atoms with E-state index in [4.69, 9.17) is 11.5 Å². The van der Waals surface area contributed by atoms with Gasteiger partial charge >= 0.3 is 0 Å². The lowest BCUT2D eigenvalue weighted by Crippen LogP contribution is -2.10. The van der Waals surface area contributed by atoms with Gasteiger partial charge < -0.3 is 11.5 Å². The van der Waals surface area contributed by atoms with Crippen LogP contribution in [0.4, 0.5) is 14.6 Å². The number of anilines is 1. The van der Waals surface area contributed by atoms with Gasteiger partial charge in [-0.05, 0) is 24.3 Å². The number of benzene rings is 2. The van der Waals surface area contributed by atoms with E-state index in [1.165, 1.54) is 18.3 Å². The van der Waals surface area contributed by atoms with Crippen LogP contribution in [0.2, 0.25) is 0 Å². The second kappa shape index (κ2) is 6.04. The molecule has 0 fully saturated rings. The minimum atomic E-state index is -0.758. The third-order valence-electron chi connectivity index (χ3n) is 3.43. The predicted molar refractivity (Wildman–Crippen MR) is 85.8 cm³/mol. The molecule has 0 radical (unpaired) electrons. The molecule has 0 atom stereocenters. The number of amides is 1. The summed E-state index contributed by atoms with van der Waals surface area (Å²) < 4.78 is 27.0. The number of primary amides is 1. The summed E-state index contributed by atoms with van der Waals surface area (Å²) in [6, 6.07) is 9.55. The van der Waals surface area contributed by atoms with E-state index in [1.54, 1.807) is 18.2 Å². The fraction of sp³-hybridized carbons (Fsp3) is 0. The maximum Gasteiger partial charge on any atom is 0.248 e. The average molecular weight is 326 g/mol. The molecule has 5 nitrogen and oxygen atoms in total. The van der Waals surface area contributed by atoms with Gasteiger partial charge in [0.2, 0.25) is 5.91 Å². The molecule has 3 aromatic rings. The van der Waals surface area contributed by atoms with Crippen molar-refractivity contribution in [1.29, 1.82) is 0 Å². The molecule has 0 saturated heterocycles. The fourth-order valence-corrected chi connectivity index (χ4v) is 2.26. The first-order valence-corrected chi connectivity index (χ1v) is 6.94. The number of aromatic nitrogens is 2. The minimum absolute atomic E-state index is 0.0937. The number of nitrogen functional groups attached to an aromatic ring is 1. The van der Waals surface area contributed by atoms with Crippen molar-refractivity contribution in [2.24, 2.45) is 5.73 Å². The highest BCUT2D eigenvalue weighted by Gasteiger charge is 2.13. The summed E-state index contributed by atoms with van der Waals surface area (Å²) in [6.07, 6.45) is 1.30. The molecule has 0 aliphatic rings. The summed E-state index contributed by atoms with van der Waals surface area (Å²) in [5.41, 5.74) is 12.5. The van der Waals surface area contributed by atoms with Crippen LogP contribution in [0.3, 0.4) is 0 Å². The van der Waals surface area contributed by atoms with Crippen molar-refractivity contribution in [3.8, 4) is 22.5 Å². The fourth-order valence-electron chi connectivity index (χ4n) is 2.26. The van der Waals surface area contributed by atoms with Gasteiger partial charge in [0.05, 0.1) is 11.9 Å². The third-order valence-corrected chi connectivity index (χ3v) is 3.43. The quantitative estimate of drug-likeness (QED) is 0.773. The number of carbonyl (C=O) groups is 1. The SMILES string of the molecule is NC(=O)c1cccc(-c2nc(-c3ccc(F)cc3F)cnc2N)c1. The lowest BCUT2D eigenvalue weighted by atomic mass is 10.1. The van der Waals surface area contributed by atoms with Gasteiger partial charge in [-0.1, -0.05) is 12.1 Å². The highest BCUT2D eigenvalue weighted by atomic mass is 19.1. The largest absolute Gasteiger partial charge is 0.382 e. The third kappa shape index (κ3) is 2.91. The summed E-state index contributed by atoms with van der Waals surface area (Å²) in [7, 11) is 0. The van der Waals surface area contributed by atoms with Crippen LogP contribution in [0.15, 0.2) is 48.7 Å². The van der Waals surface area contributed by atoms with Crippen LogP contribution in [0.5, 0.6) is 0 Å². The van der Waals surface area contributed by atoms with Crippen LogP contribution in [0, 0.1) is 11.6 Å². The zero-order valence-corrected chi connectivity index (χ0v) is 12.3. The number of carbonyl (C=O) groups excluding carboxylic acids is 1. The van der Waals surface area contributed by atoms with Crippen molar-refractivity contribution in [2.45, 2.75) is 0 Å². The van der Waals surface area contributed by atoms with Crippen LogP contribution >= 0.6 is 0 Å². The Balaban J connectivity index is 2.13. The lowest BCUT2D eigenvalue weighted by Gasteiger charge is -2.09. The zero-order valence-electron chi connectivity index (χ0n) is 12.3. The topological polar surface area (TPSA) is 94.9 Å². The van der Waals surface area contributed by atoms with E-state index < -0.39 is 17.5 Å². The molecule has 0 bridgehead atoms. The maximum atomic E-state index is 13.9. The monoisotopic (exact) mass is 326 g/mol. The average Bonchev–Trinajstić information content (AvgIpc) is 2.56. The first-order valence-electron chi connectivity index (χ1n) is 6.94. The first kappa shape index (κ1) is 15.5. The molecule has 0 spiro atoms. The number of nitrogens with two attached hydrogens (primary N) is 2. The molecule has 1 aromatic heterocycles. The number of hydrogen-bond donors (Lipinski definition) is 2. The summed E-state index contributed by atoms with van der Waals surface area (Å²) in [4.78, 5) is 19.6. The maximum absolute atomic E-state index is 13.9. The molecule has 3 rings (SSSR count). The lowest BCUT2D eigenvalue weighted by molar-refractivity contribution is 0.100. The highest BCUT2D eigenvalue weighted by molar-refractivity contribution is 5.94. The molecule has 0 aliphatic carbocycles. The van der Waals surface area contributed by atoms with Gasteiger partial charge in [0.1, 0.15) is 23.1 Å². The molecular formula is C17H12F2N4O. The molecule has 0 aliphatic heterocycles. The van der Waals surface area contributed by atoms with Gasteiger partial charge in [-0.2, -0.15) is 0 Å². The van der Waals surface area contributed by atoms with Crippen molar-refractivity contribution in [1.82, 2.24) is 9.97 Å². The molecule has 0 unspecified atom stereocenters. The number of hydrogen-bond acceptors (Lipinski definition) is 4. The van der Waals surface area contributed by atoms with Crippen LogP contribution in [0.25, 0.3) is 22.5 Å². The van der Waals surface area contributed by atoms with Gasteiger partial charge in [-0.15, -0.1) is 0 Å². The van der Waals surface area contributed by atoms with Crippen molar-refractivity contribution < 1.29 is 13.6 Å². The van der Waals surface area contributed by atoms with Gasteiger partial charge in [-0.3, -0.25) is 4.79 Å². The Kier molecular flexibility index (Phi) is 3.91. The van der Waals surface area contributed by atoms with Gasteiger partial charge in [0.25, 0.3) is 0 Å². The number of rotatable bonds is 3. The Bertz CT molecular complexity index is 944. The number of halogens is 2. The van der Waals surface area contributed by atoms with Crippen LogP contribution < -0.4 is 11.5 Å². The van der Waals surface area contributed by atoms with Crippen molar-refractivity contribution in [3.05, 3.63) is 65.9 Å². The summed E-state index contributed by atoms with van der Waals surface area (Å²) >= 11 is 0. The van der Waals surface area contributed by atoms with Crippen molar-refractivity contribution in [3.63, 3.8) is 0 Å². The summed E-state index contributed by atoms with van der Waals surface area (Å²) in [5, 5.41) is 0. The van der Waals surface area contributed by atoms with E-state index in [9.17, 15) is 13.6 Å². The molecule has 1 amide bonds. The molecule has 7 heteroatoms. The zero-order chi connectivity index (χ0) is 17.3. The predicted octanol–water partition coefficient (Wildman–Crippen LogP) is 2.77. The molecule has 4 N–H and O–H groups in total. The van der Waals surface area contributed by atoms with Gasteiger partial charge in [0, 0.05) is 22.8 Å². The summed E-state index contributed by atoms with van der Waals surface area (Å²) in [6.45, 7) is 0. The normalized spacial score (nSPS) is 10.6. The van der Waals surface area contributed by atoms with Gasteiger partial charge in [-0.25, -0.2) is 18.7 Å². The Hall–Kier alpha value is -3.35. The Labute approximate surface area is 136 Å².